The van der Waals surface area contributed by atoms with E-state index in [-0.39, 0.29) is 6.07 Å². The topological polar surface area (TPSA) is 56.0 Å². The van der Waals surface area contributed by atoms with E-state index in [4.69, 9.17) is 0 Å². The van der Waals surface area contributed by atoms with Crippen molar-refractivity contribution in [3.8, 4) is 0 Å². The Morgan fingerprint density at radius 3 is 2.29 bits per heavy atom. The summed E-state index contributed by atoms with van der Waals surface area (Å²) < 4.78 is 60.8. The average molecular weight is 321 g/mol. The van der Waals surface area contributed by atoms with E-state index < -0.39 is 39.1 Å². The van der Waals surface area contributed by atoms with E-state index in [1.807, 2.05) is 0 Å². The lowest BCUT2D eigenvalue weighted by atomic mass is 10.2. The second-order valence-corrected chi connectivity index (χ2v) is 3.55. The molecule has 0 bridgehead atoms. The summed E-state index contributed by atoms with van der Waals surface area (Å²) >= 11 is 2.35. The first-order valence-electron chi connectivity index (χ1n) is 3.84. The van der Waals surface area contributed by atoms with Gasteiger partial charge in [0, 0.05) is 15.9 Å². The zero-order valence-electron chi connectivity index (χ0n) is 7.63. The Kier molecular flexibility index (Phi) is 3.65. The Bertz CT molecular complexity index is 462. The minimum Gasteiger partial charge on any atom is -0.358 e. The van der Waals surface area contributed by atoms with Crippen molar-refractivity contribution < 1.29 is 26.9 Å². The Hall–Kier alpha value is -1.32. The van der Waals surface area contributed by atoms with Crippen LogP contribution in [0.1, 0.15) is 17.6 Å². The third kappa shape index (κ3) is 2.87. The van der Waals surface area contributed by atoms with Gasteiger partial charge in [-0.2, -0.15) is 13.2 Å². The number of nitro groups is 1. The number of aromatic nitrogens is 1. The van der Waals surface area contributed by atoms with E-state index in [1.165, 1.54) is 0 Å². The maximum absolute atomic E-state index is 12.4. The molecule has 1 rings (SSSR count). The summed E-state index contributed by atoms with van der Waals surface area (Å²) in [6, 6.07) is 0.0138. The average Bonchev–Trinajstić information content (AvgIpc) is 2.14. The molecule has 0 aliphatic rings. The van der Waals surface area contributed by atoms with E-state index in [2.05, 4.69) is 20.9 Å². The third-order valence-electron chi connectivity index (χ3n) is 1.70. The fraction of sp³-hybridized carbons (Fsp3) is 0.286. The van der Waals surface area contributed by atoms with Gasteiger partial charge in [-0.15, -0.1) is 0 Å². The summed E-state index contributed by atoms with van der Waals surface area (Å²) in [6.45, 7) is 0. The molecule has 0 unspecified atom stereocenters. The molecule has 0 N–H and O–H groups in total. The molecule has 0 atom stereocenters. The van der Waals surface area contributed by atoms with Gasteiger partial charge in [0.1, 0.15) is 11.1 Å². The molecule has 0 saturated heterocycles. The molecule has 0 fully saturated rings. The van der Waals surface area contributed by atoms with Gasteiger partial charge in [0.2, 0.25) is 4.60 Å². The molecule has 0 aromatic carbocycles. The molecule has 0 saturated carbocycles. The second kappa shape index (κ2) is 4.51. The number of pyridine rings is 1. The van der Waals surface area contributed by atoms with Crippen molar-refractivity contribution in [2.24, 2.45) is 0 Å². The summed E-state index contributed by atoms with van der Waals surface area (Å²) in [4.78, 5) is 12.0. The minimum absolute atomic E-state index is 0.0138. The van der Waals surface area contributed by atoms with Crippen LogP contribution < -0.4 is 0 Å². The zero-order valence-corrected chi connectivity index (χ0v) is 9.22. The van der Waals surface area contributed by atoms with Gasteiger partial charge in [0.25, 0.3) is 6.43 Å². The third-order valence-corrected chi connectivity index (χ3v) is 2.30. The maximum atomic E-state index is 12.4. The zero-order chi connectivity index (χ0) is 13.4. The van der Waals surface area contributed by atoms with Crippen LogP contribution >= 0.6 is 15.9 Å². The Morgan fingerprint density at radius 1 is 1.41 bits per heavy atom. The molecule has 4 nitrogen and oxygen atoms in total. The summed E-state index contributed by atoms with van der Waals surface area (Å²) in [5.74, 6) is -1.31. The van der Waals surface area contributed by atoms with Crippen LogP contribution in [0.4, 0.5) is 27.8 Å². The predicted octanol–water partition coefficient (Wildman–Crippen LogP) is 3.71. The van der Waals surface area contributed by atoms with E-state index in [0.29, 0.717) is 0 Å². The van der Waals surface area contributed by atoms with Crippen LogP contribution in [0.15, 0.2) is 10.7 Å². The number of alkyl halides is 5. The lowest BCUT2D eigenvalue weighted by Gasteiger charge is -2.08. The summed E-state index contributed by atoms with van der Waals surface area (Å²) in [7, 11) is 0. The van der Waals surface area contributed by atoms with Crippen LogP contribution in [-0.2, 0) is 6.18 Å². The molecule has 1 heterocycles. The summed E-state index contributed by atoms with van der Waals surface area (Å²) in [6.07, 6.45) is -8.35. The van der Waals surface area contributed by atoms with Gasteiger partial charge >= 0.3 is 12.0 Å². The van der Waals surface area contributed by atoms with Crippen LogP contribution in [0.3, 0.4) is 0 Å². The molecule has 10 heteroatoms. The van der Waals surface area contributed by atoms with Gasteiger partial charge in [0.05, 0.1) is 0 Å². The van der Waals surface area contributed by atoms with Gasteiger partial charge in [-0.3, -0.25) is 0 Å². The molecule has 0 aliphatic heterocycles. The fourth-order valence-corrected chi connectivity index (χ4v) is 1.51. The highest BCUT2D eigenvalue weighted by Gasteiger charge is 2.39. The molecular formula is C7H2BrF5N2O2. The number of rotatable bonds is 2. The first kappa shape index (κ1) is 13.7. The molecule has 0 amide bonds. The minimum atomic E-state index is -4.93. The normalized spacial score (nSPS) is 11.9. The molecule has 0 aliphatic carbocycles. The molecule has 94 valence electrons. The molecule has 1 aromatic rings. The standard InChI is InChI=1S/C7H2BrF5N2O2/c8-4-3(7(11,12)13)1-2(5(9)10)6(14-4)15(16)17/h1,5H. The van der Waals surface area contributed by atoms with Gasteiger partial charge in [-0.1, -0.05) is 0 Å². The number of nitrogens with zero attached hydrogens (tertiary/aromatic N) is 2. The molecule has 17 heavy (non-hydrogen) atoms. The molecule has 0 radical (unpaired) electrons. The smallest absolute Gasteiger partial charge is 0.358 e. The number of hydrogen-bond acceptors (Lipinski definition) is 3. The monoisotopic (exact) mass is 320 g/mol. The first-order valence-corrected chi connectivity index (χ1v) is 4.64. The number of halogens is 6. The lowest BCUT2D eigenvalue weighted by Crippen LogP contribution is -2.10. The van der Waals surface area contributed by atoms with Crippen LogP contribution in [0.2, 0.25) is 0 Å². The van der Waals surface area contributed by atoms with Crippen LogP contribution in [0.25, 0.3) is 0 Å². The maximum Gasteiger partial charge on any atom is 0.421 e. The van der Waals surface area contributed by atoms with E-state index in [9.17, 15) is 32.1 Å². The van der Waals surface area contributed by atoms with Gasteiger partial charge in [0.15, 0.2) is 0 Å². The van der Waals surface area contributed by atoms with Crippen LogP contribution in [-0.4, -0.2) is 9.91 Å². The van der Waals surface area contributed by atoms with E-state index >= 15 is 0 Å². The Labute approximate surface area is 98.7 Å². The van der Waals surface area contributed by atoms with Crippen LogP contribution in [0.5, 0.6) is 0 Å². The highest BCUT2D eigenvalue weighted by molar-refractivity contribution is 9.10. The summed E-state index contributed by atoms with van der Waals surface area (Å²) in [5.41, 5.74) is -2.86. The Morgan fingerprint density at radius 2 is 1.94 bits per heavy atom. The molecular weight excluding hydrogens is 319 g/mol. The van der Waals surface area contributed by atoms with Crippen molar-refractivity contribution in [3.63, 3.8) is 0 Å². The van der Waals surface area contributed by atoms with Crippen molar-refractivity contribution in [1.29, 1.82) is 0 Å². The van der Waals surface area contributed by atoms with Gasteiger partial charge < -0.3 is 10.1 Å². The quantitative estimate of drug-likeness (QED) is 0.361. The number of hydrogen-bond donors (Lipinski definition) is 0. The van der Waals surface area contributed by atoms with Crippen molar-refractivity contribution in [2.75, 3.05) is 0 Å². The van der Waals surface area contributed by atoms with Crippen molar-refractivity contribution >= 4 is 21.7 Å². The first-order chi connectivity index (χ1) is 7.64. The highest BCUT2D eigenvalue weighted by Crippen LogP contribution is 2.38. The fourth-order valence-electron chi connectivity index (χ4n) is 1.00. The summed E-state index contributed by atoms with van der Waals surface area (Å²) in [5, 5.41) is 10.3. The van der Waals surface area contributed by atoms with Crippen molar-refractivity contribution in [3.05, 3.63) is 31.9 Å². The van der Waals surface area contributed by atoms with Crippen molar-refractivity contribution in [2.45, 2.75) is 12.6 Å². The van der Waals surface area contributed by atoms with Crippen LogP contribution in [0, 0.1) is 10.1 Å². The largest absolute Gasteiger partial charge is 0.421 e. The van der Waals surface area contributed by atoms with E-state index in [0.717, 1.165) is 0 Å². The van der Waals surface area contributed by atoms with Crippen molar-refractivity contribution in [1.82, 2.24) is 4.98 Å². The van der Waals surface area contributed by atoms with Gasteiger partial charge in [-0.05, 0) is 16.0 Å². The second-order valence-electron chi connectivity index (χ2n) is 2.80. The highest BCUT2D eigenvalue weighted by atomic mass is 79.9. The molecule has 1 aromatic heterocycles. The Balaban J connectivity index is 3.51. The van der Waals surface area contributed by atoms with E-state index in [1.54, 1.807) is 0 Å². The predicted molar refractivity (Wildman–Crippen MR) is 48.6 cm³/mol. The SMILES string of the molecule is O=[N+]([O-])c1nc(Br)c(C(F)(F)F)cc1C(F)F. The lowest BCUT2D eigenvalue weighted by molar-refractivity contribution is -0.391. The van der Waals surface area contributed by atoms with Gasteiger partial charge in [-0.25, -0.2) is 8.78 Å². The molecule has 0 spiro atoms.